The summed E-state index contributed by atoms with van der Waals surface area (Å²) in [6.45, 7) is 10.1. The van der Waals surface area contributed by atoms with E-state index in [9.17, 15) is 0 Å². The Balaban J connectivity index is 0.000000686. The molecule has 0 amide bonds. The maximum atomic E-state index is 4.43. The molecule has 17 heavy (non-hydrogen) atoms. The summed E-state index contributed by atoms with van der Waals surface area (Å²) in [6, 6.07) is 3.87. The summed E-state index contributed by atoms with van der Waals surface area (Å²) in [5.74, 6) is 0.750. The van der Waals surface area contributed by atoms with Crippen LogP contribution < -0.4 is 0 Å². The minimum atomic E-state index is 0.750. The van der Waals surface area contributed by atoms with Crippen molar-refractivity contribution in [1.29, 1.82) is 0 Å². The average molecular weight is 229 g/mol. The van der Waals surface area contributed by atoms with Crippen molar-refractivity contribution in [1.82, 2.24) is 15.0 Å². The Bertz CT molecular complexity index is 455. The molecule has 0 fully saturated rings. The molecule has 90 valence electrons. The van der Waals surface area contributed by atoms with E-state index < -0.39 is 0 Å². The molecule has 2 aromatic heterocycles. The highest BCUT2D eigenvalue weighted by Crippen LogP contribution is 2.22. The number of hydrogen-bond donors (Lipinski definition) is 0. The van der Waals surface area contributed by atoms with E-state index in [0.29, 0.717) is 0 Å². The fourth-order valence-electron chi connectivity index (χ4n) is 1.79. The molecule has 0 atom stereocenters. The third-order valence-electron chi connectivity index (χ3n) is 2.31. The monoisotopic (exact) mass is 229 g/mol. The van der Waals surface area contributed by atoms with Gasteiger partial charge in [-0.1, -0.05) is 13.8 Å². The van der Waals surface area contributed by atoms with Crippen molar-refractivity contribution in [3.05, 3.63) is 41.5 Å². The lowest BCUT2D eigenvalue weighted by Crippen LogP contribution is -1.97. The van der Waals surface area contributed by atoms with Gasteiger partial charge in [0.2, 0.25) is 0 Å². The van der Waals surface area contributed by atoms with Crippen molar-refractivity contribution in [3.63, 3.8) is 0 Å². The van der Waals surface area contributed by atoms with E-state index >= 15 is 0 Å². The van der Waals surface area contributed by atoms with Crippen LogP contribution in [0.15, 0.2) is 24.5 Å². The van der Waals surface area contributed by atoms with E-state index in [-0.39, 0.29) is 0 Å². The molecule has 0 saturated carbocycles. The topological polar surface area (TPSA) is 38.7 Å². The second kappa shape index (κ2) is 6.09. The van der Waals surface area contributed by atoms with Gasteiger partial charge in [-0.05, 0) is 38.5 Å². The van der Waals surface area contributed by atoms with Crippen LogP contribution in [0.4, 0.5) is 0 Å². The summed E-state index contributed by atoms with van der Waals surface area (Å²) < 4.78 is 0. The molecule has 0 radical (unpaired) electrons. The average Bonchev–Trinajstić information content (AvgIpc) is 2.31. The van der Waals surface area contributed by atoms with Crippen molar-refractivity contribution < 1.29 is 0 Å². The van der Waals surface area contributed by atoms with Gasteiger partial charge in [0.05, 0.1) is 0 Å². The van der Waals surface area contributed by atoms with Crippen LogP contribution in [0.5, 0.6) is 0 Å². The smallest absolute Gasteiger partial charge is 0.161 e. The molecule has 0 aliphatic rings. The first kappa shape index (κ1) is 13.3. The van der Waals surface area contributed by atoms with Gasteiger partial charge in [-0.15, -0.1) is 0 Å². The highest BCUT2D eigenvalue weighted by atomic mass is 14.9. The molecule has 2 rings (SSSR count). The van der Waals surface area contributed by atoms with Crippen LogP contribution in [-0.2, 0) is 0 Å². The molecule has 3 heteroatoms. The molecule has 0 spiro atoms. The number of rotatable bonds is 1. The fraction of sp³-hybridized carbons (Fsp3) is 0.357. The van der Waals surface area contributed by atoms with E-state index in [1.54, 1.807) is 12.4 Å². The molecule has 2 heterocycles. The van der Waals surface area contributed by atoms with Crippen LogP contribution in [0.1, 0.15) is 30.8 Å². The van der Waals surface area contributed by atoms with Crippen molar-refractivity contribution in [2.45, 2.75) is 34.6 Å². The minimum absolute atomic E-state index is 0.750. The van der Waals surface area contributed by atoms with Crippen LogP contribution in [0.3, 0.4) is 0 Å². The predicted molar refractivity (Wildman–Crippen MR) is 70.8 cm³/mol. The molecule has 0 N–H and O–H groups in total. The summed E-state index contributed by atoms with van der Waals surface area (Å²) in [5, 5.41) is 0. The van der Waals surface area contributed by atoms with Gasteiger partial charge in [-0.2, -0.15) is 0 Å². The van der Waals surface area contributed by atoms with Gasteiger partial charge >= 0.3 is 0 Å². The quantitative estimate of drug-likeness (QED) is 0.751. The van der Waals surface area contributed by atoms with Crippen LogP contribution in [0.25, 0.3) is 11.4 Å². The number of hydrogen-bond acceptors (Lipinski definition) is 3. The third-order valence-corrected chi connectivity index (χ3v) is 2.31. The van der Waals surface area contributed by atoms with Crippen molar-refractivity contribution in [2.24, 2.45) is 0 Å². The second-order valence-electron chi connectivity index (χ2n) is 3.61. The first-order valence-corrected chi connectivity index (χ1v) is 5.90. The van der Waals surface area contributed by atoms with Gasteiger partial charge in [0.1, 0.15) is 0 Å². The molecule has 0 aliphatic heterocycles. The number of aromatic nitrogens is 3. The van der Waals surface area contributed by atoms with E-state index in [2.05, 4.69) is 27.9 Å². The Hall–Kier alpha value is -1.77. The largest absolute Gasteiger partial charge is 0.258 e. The Morgan fingerprint density at radius 3 is 2.06 bits per heavy atom. The second-order valence-corrected chi connectivity index (χ2v) is 3.61. The van der Waals surface area contributed by atoms with E-state index in [4.69, 9.17) is 0 Å². The van der Waals surface area contributed by atoms with Crippen molar-refractivity contribution in [2.75, 3.05) is 0 Å². The van der Waals surface area contributed by atoms with E-state index in [1.807, 2.05) is 33.8 Å². The number of aryl methyl sites for hydroxylation is 3. The Labute approximate surface area is 103 Å². The lowest BCUT2D eigenvalue weighted by molar-refractivity contribution is 1.08. The Morgan fingerprint density at radius 1 is 0.941 bits per heavy atom. The summed E-state index contributed by atoms with van der Waals surface area (Å²) in [4.78, 5) is 12.9. The first-order chi connectivity index (χ1) is 8.18. The molecule has 2 aromatic rings. The zero-order valence-corrected chi connectivity index (χ0v) is 11.2. The predicted octanol–water partition coefficient (Wildman–Crippen LogP) is 3.49. The standard InChI is InChI=1S/C12H13N3.C2H6/c1-8-7-9(2)15-10(3)11(8)12-13-5-4-6-14-12;1-2/h4-7H,1-3H3;1-2H3. The zero-order chi connectivity index (χ0) is 12.8. The summed E-state index contributed by atoms with van der Waals surface area (Å²) in [7, 11) is 0. The molecule has 0 bridgehead atoms. The highest BCUT2D eigenvalue weighted by Gasteiger charge is 2.09. The van der Waals surface area contributed by atoms with Gasteiger partial charge in [-0.25, -0.2) is 9.97 Å². The molecule has 0 aromatic carbocycles. The van der Waals surface area contributed by atoms with Gasteiger partial charge < -0.3 is 0 Å². The lowest BCUT2D eigenvalue weighted by atomic mass is 10.1. The summed E-state index contributed by atoms with van der Waals surface area (Å²) >= 11 is 0. The van der Waals surface area contributed by atoms with Gasteiger partial charge in [0.15, 0.2) is 5.82 Å². The van der Waals surface area contributed by atoms with Gasteiger partial charge in [0.25, 0.3) is 0 Å². The maximum Gasteiger partial charge on any atom is 0.161 e. The van der Waals surface area contributed by atoms with E-state index in [0.717, 1.165) is 22.8 Å². The van der Waals surface area contributed by atoms with Crippen molar-refractivity contribution in [3.8, 4) is 11.4 Å². The Morgan fingerprint density at radius 2 is 1.53 bits per heavy atom. The minimum Gasteiger partial charge on any atom is -0.258 e. The van der Waals surface area contributed by atoms with Crippen molar-refractivity contribution >= 4 is 0 Å². The normalized spacial score (nSPS) is 9.47. The maximum absolute atomic E-state index is 4.43. The molecular weight excluding hydrogens is 210 g/mol. The lowest BCUT2D eigenvalue weighted by Gasteiger charge is -2.08. The third kappa shape index (κ3) is 3.09. The molecule has 3 nitrogen and oxygen atoms in total. The zero-order valence-electron chi connectivity index (χ0n) is 11.2. The summed E-state index contributed by atoms with van der Waals surface area (Å²) in [5.41, 5.74) is 4.23. The fourth-order valence-corrected chi connectivity index (χ4v) is 1.79. The molecular formula is C14H19N3. The van der Waals surface area contributed by atoms with Crippen LogP contribution in [0, 0.1) is 20.8 Å². The van der Waals surface area contributed by atoms with Crippen LogP contribution >= 0.6 is 0 Å². The number of pyridine rings is 1. The Kier molecular flexibility index (Phi) is 4.76. The van der Waals surface area contributed by atoms with Gasteiger partial charge in [-0.3, -0.25) is 4.98 Å². The molecule has 0 unspecified atom stereocenters. The number of nitrogens with zero attached hydrogens (tertiary/aromatic N) is 3. The van der Waals surface area contributed by atoms with E-state index in [1.165, 1.54) is 5.56 Å². The first-order valence-electron chi connectivity index (χ1n) is 5.90. The molecule has 0 aliphatic carbocycles. The summed E-state index contributed by atoms with van der Waals surface area (Å²) in [6.07, 6.45) is 3.50. The van der Waals surface area contributed by atoms with Gasteiger partial charge in [0, 0.05) is 29.3 Å². The van der Waals surface area contributed by atoms with Crippen LogP contribution in [-0.4, -0.2) is 15.0 Å². The molecule has 0 saturated heterocycles. The highest BCUT2D eigenvalue weighted by molar-refractivity contribution is 5.62. The van der Waals surface area contributed by atoms with Crippen LogP contribution in [0.2, 0.25) is 0 Å². The SMILES string of the molecule is CC.Cc1cc(C)c(-c2ncccn2)c(C)n1.